The van der Waals surface area contributed by atoms with Gasteiger partial charge in [-0.05, 0) is 25.7 Å². The summed E-state index contributed by atoms with van der Waals surface area (Å²) in [4.78, 5) is 95.5. The van der Waals surface area contributed by atoms with E-state index < -0.39 is 102 Å². The number of hydrogen-bond acceptors (Lipinski definition) is 21. The average Bonchev–Trinajstić information content (AvgIpc) is 4.01. The van der Waals surface area contributed by atoms with E-state index in [1.807, 2.05) is 0 Å². The third kappa shape index (κ3) is 12.1. The van der Waals surface area contributed by atoms with Crippen molar-refractivity contribution in [2.24, 2.45) is 0 Å². The number of carbonyl (C=O) groups is 4. The first-order chi connectivity index (χ1) is 31.0. The van der Waals surface area contributed by atoms with Crippen LogP contribution in [-0.4, -0.2) is 123 Å². The Morgan fingerprint density at radius 1 is 0.615 bits per heavy atom. The SMILES string of the molecule is CCCC(=O)O[C@@H]1[C@H](OC(=O)CCC)[C@@H](COP(=O)(O)OP(=O)(O)OC[C@H]2O[C@@H](n3cnc4c(=S)nc[nH]c43)[C@H](OC(=O)CCC)[C@@H]2OC(=O)CCC)O[C@H]1n1cnc2c(=S)nc[nH]c21. The largest absolute Gasteiger partial charge is 0.481 e. The van der Waals surface area contributed by atoms with Gasteiger partial charge in [0.1, 0.15) is 34.5 Å². The number of aromatic amines is 2. The van der Waals surface area contributed by atoms with Crippen LogP contribution in [-0.2, 0) is 70.1 Å². The van der Waals surface area contributed by atoms with E-state index in [0.29, 0.717) is 25.7 Å². The Bertz CT molecular complexity index is 2400. The van der Waals surface area contributed by atoms with Gasteiger partial charge in [-0.2, -0.15) is 4.31 Å². The fraction of sp³-hybridized carbons (Fsp3) is 0.611. The van der Waals surface area contributed by atoms with E-state index in [1.165, 1.54) is 34.4 Å². The Labute approximate surface area is 380 Å². The normalized spacial score (nSPS) is 25.0. The Morgan fingerprint density at radius 3 is 1.29 bits per heavy atom. The predicted octanol–water partition coefficient (Wildman–Crippen LogP) is 4.88. The first kappa shape index (κ1) is 50.0. The molecule has 0 saturated carbocycles. The summed E-state index contributed by atoms with van der Waals surface area (Å²) in [7, 11) is -11.2. The number of phosphoric ester groups is 2. The molecule has 2 saturated heterocycles. The predicted molar refractivity (Wildman–Crippen MR) is 225 cm³/mol. The molecule has 10 atom stereocenters. The van der Waals surface area contributed by atoms with Gasteiger partial charge in [-0.1, -0.05) is 52.1 Å². The molecule has 2 unspecified atom stereocenters. The van der Waals surface area contributed by atoms with Gasteiger partial charge >= 0.3 is 39.5 Å². The van der Waals surface area contributed by atoms with E-state index in [9.17, 15) is 38.1 Å². The van der Waals surface area contributed by atoms with Crippen molar-refractivity contribution in [3.05, 3.63) is 34.6 Å². The summed E-state index contributed by atoms with van der Waals surface area (Å²) in [6, 6.07) is 0. The van der Waals surface area contributed by atoms with Crippen LogP contribution in [0.4, 0.5) is 0 Å². The summed E-state index contributed by atoms with van der Waals surface area (Å²) in [6.45, 7) is 5.06. The van der Waals surface area contributed by atoms with E-state index in [1.54, 1.807) is 27.7 Å². The number of esters is 4. The second-order valence-corrected chi connectivity index (χ2v) is 18.5. The molecular formula is C36H48N8O17P2S2. The summed E-state index contributed by atoms with van der Waals surface area (Å²) < 4.78 is 80.1. The minimum absolute atomic E-state index is 0.0195. The highest BCUT2D eigenvalue weighted by molar-refractivity contribution is 7.71. The molecule has 4 aromatic rings. The highest BCUT2D eigenvalue weighted by Gasteiger charge is 2.54. The van der Waals surface area contributed by atoms with Gasteiger partial charge in [-0.25, -0.2) is 29.1 Å². The quantitative estimate of drug-likeness (QED) is 0.0353. The zero-order valence-electron chi connectivity index (χ0n) is 35.4. The number of hydrogen-bond donors (Lipinski definition) is 4. The number of rotatable bonds is 22. The Balaban J connectivity index is 1.22. The molecule has 0 aliphatic carbocycles. The Morgan fingerprint density at radius 2 is 0.954 bits per heavy atom. The second-order valence-electron chi connectivity index (χ2n) is 14.7. The van der Waals surface area contributed by atoms with Crippen molar-refractivity contribution in [3.63, 3.8) is 0 Å². The van der Waals surface area contributed by atoms with Gasteiger partial charge in [0.25, 0.3) is 0 Å². The average molecular weight is 991 g/mol. The summed E-state index contributed by atoms with van der Waals surface area (Å²) in [6.07, 6.45) is -4.55. The number of carbonyl (C=O) groups excluding carboxylic acids is 4. The number of fused-ring (bicyclic) bond motifs is 2. The van der Waals surface area contributed by atoms with Gasteiger partial charge in [-0.3, -0.25) is 37.4 Å². The monoisotopic (exact) mass is 990 g/mol. The minimum atomic E-state index is -5.60. The van der Waals surface area contributed by atoms with Crippen LogP contribution in [0.1, 0.15) is 91.5 Å². The molecule has 0 aromatic carbocycles. The Kier molecular flexibility index (Phi) is 16.9. The summed E-state index contributed by atoms with van der Waals surface area (Å²) >= 11 is 10.6. The number of H-pyrrole nitrogens is 2. The number of imidazole rings is 2. The van der Waals surface area contributed by atoms with Crippen LogP contribution in [0.25, 0.3) is 22.3 Å². The first-order valence-corrected chi connectivity index (χ1v) is 24.4. The molecule has 6 heterocycles. The van der Waals surface area contributed by atoms with Gasteiger partial charge in [-0.15, -0.1) is 0 Å². The molecular weight excluding hydrogens is 943 g/mol. The maximum absolute atomic E-state index is 13.4. The number of aromatic nitrogens is 8. The number of nitrogens with one attached hydrogen (secondary N) is 2. The van der Waals surface area contributed by atoms with Crippen LogP contribution in [0.5, 0.6) is 0 Å². The third-order valence-corrected chi connectivity index (χ3v) is 13.0. The van der Waals surface area contributed by atoms with Crippen molar-refractivity contribution in [2.45, 2.75) is 128 Å². The van der Waals surface area contributed by atoms with Crippen LogP contribution in [0.15, 0.2) is 25.3 Å². The maximum Gasteiger partial charge on any atom is 0.481 e. The van der Waals surface area contributed by atoms with Gasteiger partial charge in [0, 0.05) is 25.7 Å². The fourth-order valence-corrected chi connectivity index (χ4v) is 9.47. The molecule has 25 nitrogen and oxygen atoms in total. The molecule has 2 aliphatic heterocycles. The molecule has 4 N–H and O–H groups in total. The van der Waals surface area contributed by atoms with Crippen LogP contribution in [0.2, 0.25) is 0 Å². The van der Waals surface area contributed by atoms with Crippen molar-refractivity contribution in [1.29, 1.82) is 0 Å². The molecule has 0 bridgehead atoms. The molecule has 356 valence electrons. The first-order valence-electron chi connectivity index (χ1n) is 20.5. The molecule has 0 spiro atoms. The van der Waals surface area contributed by atoms with Crippen molar-refractivity contribution < 1.29 is 79.9 Å². The maximum atomic E-state index is 13.4. The van der Waals surface area contributed by atoms with Crippen molar-refractivity contribution in [1.82, 2.24) is 39.0 Å². The van der Waals surface area contributed by atoms with E-state index >= 15 is 0 Å². The molecule has 4 aromatic heterocycles. The highest BCUT2D eigenvalue weighted by Crippen LogP contribution is 2.61. The van der Waals surface area contributed by atoms with Crippen LogP contribution in [0.3, 0.4) is 0 Å². The van der Waals surface area contributed by atoms with E-state index in [-0.39, 0.29) is 57.3 Å². The molecule has 29 heteroatoms. The molecule has 0 radical (unpaired) electrons. The van der Waals surface area contributed by atoms with Crippen molar-refractivity contribution in [2.75, 3.05) is 13.2 Å². The lowest BCUT2D eigenvalue weighted by molar-refractivity contribution is -0.168. The lowest BCUT2D eigenvalue weighted by Crippen LogP contribution is -2.41. The van der Waals surface area contributed by atoms with Crippen LogP contribution in [0, 0.1) is 9.28 Å². The minimum Gasteiger partial charge on any atom is -0.455 e. The molecule has 0 amide bonds. The van der Waals surface area contributed by atoms with Crippen LogP contribution >= 0.6 is 40.1 Å². The molecule has 6 rings (SSSR count). The number of phosphoric acid groups is 2. The Hall–Kier alpha value is -4.40. The van der Waals surface area contributed by atoms with Gasteiger partial charge < -0.3 is 48.2 Å². The topological polar surface area (TPSA) is 319 Å². The van der Waals surface area contributed by atoms with Crippen LogP contribution < -0.4 is 0 Å². The fourth-order valence-electron chi connectivity index (χ4n) is 6.97. The van der Waals surface area contributed by atoms with E-state index in [4.69, 9.17) is 61.9 Å². The van der Waals surface area contributed by atoms with Gasteiger partial charge in [0.05, 0.1) is 38.5 Å². The van der Waals surface area contributed by atoms with Gasteiger partial charge in [0.15, 0.2) is 46.2 Å². The molecule has 65 heavy (non-hydrogen) atoms. The van der Waals surface area contributed by atoms with Crippen molar-refractivity contribution in [3.8, 4) is 0 Å². The molecule has 2 fully saturated rings. The zero-order chi connectivity index (χ0) is 47.1. The number of nitrogens with zero attached hydrogens (tertiary/aromatic N) is 6. The summed E-state index contributed by atoms with van der Waals surface area (Å²) in [5.74, 6) is -2.80. The summed E-state index contributed by atoms with van der Waals surface area (Å²) in [5.41, 5.74) is 1.08. The summed E-state index contributed by atoms with van der Waals surface area (Å²) in [5, 5.41) is 0. The third-order valence-electron chi connectivity index (χ3n) is 9.77. The van der Waals surface area contributed by atoms with Gasteiger partial charge in [0.2, 0.25) is 0 Å². The van der Waals surface area contributed by atoms with E-state index in [0.717, 1.165) is 0 Å². The van der Waals surface area contributed by atoms with E-state index in [2.05, 4.69) is 34.2 Å². The lowest BCUT2D eigenvalue weighted by Gasteiger charge is -2.25. The lowest BCUT2D eigenvalue weighted by atomic mass is 10.1. The molecule has 2 aliphatic rings. The zero-order valence-corrected chi connectivity index (χ0v) is 38.8. The highest BCUT2D eigenvalue weighted by atomic mass is 32.1. The van der Waals surface area contributed by atoms with Crippen molar-refractivity contribution >= 4 is 86.3 Å². The standard InChI is InChI=1S/C36H48N8O17P2S2/c1-5-9-21(45)57-27-19(55-35(29(27)59-23(47)11-7-3)43-17-41-25-31(43)37-15-39-33(25)64)13-53-62(49,50)61-63(51,52)54-14-20-28(58-22(46)10-6-2)30(60-24(48)12-8-4)36(56-20)44-18-42-26-32(44)38-16-40-34(26)65/h15-20,27-30,35-36H,5-14H2,1-4H3,(H,49,50)(H,51,52)(H,37,39,64)(H,38,40,65)/t19-,20-,27-,28-,29-,30-,35-,36-/m1/s1. The number of ether oxygens (including phenoxy) is 6. The second kappa shape index (κ2) is 21.9. The smallest absolute Gasteiger partial charge is 0.455 e.